The highest BCUT2D eigenvalue weighted by Crippen LogP contribution is 2.62. The Hall–Kier alpha value is -0.640. The molecular formula is C24H36O3. The molecule has 4 aliphatic carbocycles. The highest BCUT2D eigenvalue weighted by molar-refractivity contribution is 5.45. The van der Waals surface area contributed by atoms with Crippen LogP contribution in [0.4, 0.5) is 0 Å². The van der Waals surface area contributed by atoms with E-state index < -0.39 is 0 Å². The third kappa shape index (κ3) is 2.57. The smallest absolute Gasteiger partial charge is 0.175 e. The minimum absolute atomic E-state index is 0.177. The molecule has 1 spiro atoms. The Balaban J connectivity index is 1.48. The van der Waals surface area contributed by atoms with Crippen molar-refractivity contribution in [3.8, 4) is 0 Å². The molecule has 6 atom stereocenters. The van der Waals surface area contributed by atoms with Gasteiger partial charge in [-0.1, -0.05) is 25.5 Å². The number of rotatable bonds is 2. The predicted octanol–water partition coefficient (Wildman–Crippen LogP) is 5.00. The van der Waals surface area contributed by atoms with Crippen LogP contribution in [0.5, 0.6) is 0 Å². The fourth-order valence-corrected chi connectivity index (χ4v) is 7.70. The first-order chi connectivity index (χ1) is 13.0. The normalized spacial score (nSPS) is 43.9. The largest absolute Gasteiger partial charge is 0.393 e. The summed E-state index contributed by atoms with van der Waals surface area (Å²) in [5, 5.41) is 10.4. The monoisotopic (exact) mass is 372 g/mol. The van der Waals surface area contributed by atoms with E-state index in [1.165, 1.54) is 25.7 Å². The lowest BCUT2D eigenvalue weighted by Gasteiger charge is -2.50. The topological polar surface area (TPSA) is 38.7 Å². The average molecular weight is 373 g/mol. The second kappa shape index (κ2) is 6.43. The van der Waals surface area contributed by atoms with E-state index >= 15 is 0 Å². The van der Waals surface area contributed by atoms with E-state index in [1.807, 2.05) is 6.92 Å². The van der Waals surface area contributed by atoms with E-state index in [-0.39, 0.29) is 17.3 Å². The summed E-state index contributed by atoms with van der Waals surface area (Å²) in [6.45, 7) is 8.27. The summed E-state index contributed by atoms with van der Waals surface area (Å²) in [5.41, 5.74) is 5.26. The molecule has 5 rings (SSSR count). The molecule has 0 radical (unpaired) electrons. The van der Waals surface area contributed by atoms with Gasteiger partial charge in [-0.25, -0.2) is 0 Å². The number of aliphatic hydroxyl groups is 1. The number of hydrogen-bond donors (Lipinski definition) is 1. The van der Waals surface area contributed by atoms with E-state index in [1.54, 1.807) is 16.7 Å². The minimum atomic E-state index is -0.324. The van der Waals surface area contributed by atoms with Crippen LogP contribution in [0.25, 0.3) is 0 Å². The Bertz CT molecular complexity index is 669. The van der Waals surface area contributed by atoms with Crippen LogP contribution >= 0.6 is 0 Å². The van der Waals surface area contributed by atoms with Gasteiger partial charge in [0.05, 0.1) is 19.3 Å². The van der Waals surface area contributed by atoms with E-state index in [0.29, 0.717) is 17.8 Å². The van der Waals surface area contributed by atoms with Crippen molar-refractivity contribution in [1.82, 2.24) is 0 Å². The molecule has 3 heteroatoms. The zero-order valence-electron chi connectivity index (χ0n) is 17.3. The highest BCUT2D eigenvalue weighted by Gasteiger charge is 2.55. The van der Waals surface area contributed by atoms with Crippen LogP contribution in [0, 0.1) is 29.1 Å². The van der Waals surface area contributed by atoms with Gasteiger partial charge in [0.2, 0.25) is 0 Å². The van der Waals surface area contributed by atoms with Crippen molar-refractivity contribution >= 4 is 0 Å². The van der Waals surface area contributed by atoms with Crippen LogP contribution in [0.15, 0.2) is 22.8 Å². The molecule has 3 nitrogen and oxygen atoms in total. The molecular weight excluding hydrogens is 336 g/mol. The van der Waals surface area contributed by atoms with Crippen molar-refractivity contribution in [3.05, 3.63) is 22.8 Å². The van der Waals surface area contributed by atoms with Gasteiger partial charge in [0.15, 0.2) is 5.79 Å². The zero-order chi connectivity index (χ0) is 18.8. The van der Waals surface area contributed by atoms with Crippen molar-refractivity contribution in [2.24, 2.45) is 29.1 Å². The van der Waals surface area contributed by atoms with Crippen LogP contribution in [0.2, 0.25) is 0 Å². The Morgan fingerprint density at radius 3 is 2.70 bits per heavy atom. The molecule has 2 unspecified atom stereocenters. The maximum absolute atomic E-state index is 10.4. The van der Waals surface area contributed by atoms with Gasteiger partial charge in [-0.3, -0.25) is 0 Å². The van der Waals surface area contributed by atoms with Gasteiger partial charge in [-0.05, 0) is 86.2 Å². The fourth-order valence-electron chi connectivity index (χ4n) is 7.70. The number of aliphatic hydroxyl groups excluding tert-OH is 1. The molecule has 0 aromatic rings. The van der Waals surface area contributed by atoms with Crippen molar-refractivity contribution in [2.45, 2.75) is 84.0 Å². The van der Waals surface area contributed by atoms with Crippen LogP contribution in [-0.4, -0.2) is 30.2 Å². The first-order valence-electron chi connectivity index (χ1n) is 11.4. The Morgan fingerprint density at radius 2 is 2.00 bits per heavy atom. The average Bonchev–Trinajstić information content (AvgIpc) is 3.25. The fraction of sp³-hybridized carbons (Fsp3) is 0.833. The van der Waals surface area contributed by atoms with E-state index in [4.69, 9.17) is 9.47 Å². The summed E-state index contributed by atoms with van der Waals surface area (Å²) in [4.78, 5) is 0. The van der Waals surface area contributed by atoms with Crippen molar-refractivity contribution in [3.63, 3.8) is 0 Å². The van der Waals surface area contributed by atoms with Gasteiger partial charge in [0.1, 0.15) is 0 Å². The quantitative estimate of drug-likeness (QED) is 0.741. The van der Waals surface area contributed by atoms with E-state index in [9.17, 15) is 5.11 Å². The lowest BCUT2D eigenvalue weighted by atomic mass is 9.56. The second-order valence-electron chi connectivity index (χ2n) is 10.1. The maximum atomic E-state index is 10.4. The predicted molar refractivity (Wildman–Crippen MR) is 106 cm³/mol. The van der Waals surface area contributed by atoms with Gasteiger partial charge < -0.3 is 14.6 Å². The van der Waals surface area contributed by atoms with Gasteiger partial charge in [-0.15, -0.1) is 0 Å². The third-order valence-electron chi connectivity index (χ3n) is 9.05. The standard InChI is InChI=1S/C24H36O3/c1-4-17-13-20-16(14-24(17)26-11-12-27-24)5-6-19-18(20)9-10-23(3)21(15(2)25)7-8-22(19)23/h9,15,17,19,21-22,25H,4-8,10-14H2,1-3H3/t15?,17?,19-,21-,22+,23-/m1/s1. The third-order valence-corrected chi connectivity index (χ3v) is 9.05. The van der Waals surface area contributed by atoms with Gasteiger partial charge in [-0.2, -0.15) is 0 Å². The number of ether oxygens (including phenoxy) is 2. The number of allylic oxidation sites excluding steroid dienone is 3. The Morgan fingerprint density at radius 1 is 1.22 bits per heavy atom. The first-order valence-corrected chi connectivity index (χ1v) is 11.4. The molecule has 2 fully saturated rings. The second-order valence-corrected chi connectivity index (χ2v) is 10.1. The molecule has 0 aromatic heterocycles. The van der Waals surface area contributed by atoms with Crippen LogP contribution in [0.1, 0.15) is 72.1 Å². The van der Waals surface area contributed by atoms with Gasteiger partial charge in [0.25, 0.3) is 0 Å². The lowest BCUT2D eigenvalue weighted by Crippen LogP contribution is -2.46. The van der Waals surface area contributed by atoms with Gasteiger partial charge >= 0.3 is 0 Å². The summed E-state index contributed by atoms with van der Waals surface area (Å²) in [6, 6.07) is 0. The molecule has 1 aliphatic heterocycles. The van der Waals surface area contributed by atoms with Crippen molar-refractivity contribution < 1.29 is 14.6 Å². The molecule has 1 heterocycles. The molecule has 150 valence electrons. The molecule has 5 aliphatic rings. The summed E-state index contributed by atoms with van der Waals surface area (Å²) in [7, 11) is 0. The van der Waals surface area contributed by atoms with Gasteiger partial charge in [0, 0.05) is 12.3 Å². The molecule has 27 heavy (non-hydrogen) atoms. The first kappa shape index (κ1) is 18.4. The zero-order valence-corrected chi connectivity index (χ0v) is 17.3. The van der Waals surface area contributed by atoms with Crippen LogP contribution < -0.4 is 0 Å². The Labute approximate surface area is 164 Å². The van der Waals surface area contributed by atoms with E-state index in [2.05, 4.69) is 19.9 Å². The van der Waals surface area contributed by atoms with Crippen LogP contribution in [0.3, 0.4) is 0 Å². The van der Waals surface area contributed by atoms with Crippen molar-refractivity contribution in [1.29, 1.82) is 0 Å². The minimum Gasteiger partial charge on any atom is -0.393 e. The molecule has 0 bridgehead atoms. The highest BCUT2D eigenvalue weighted by atomic mass is 16.7. The van der Waals surface area contributed by atoms with Crippen LogP contribution in [-0.2, 0) is 9.47 Å². The van der Waals surface area contributed by atoms with Crippen molar-refractivity contribution in [2.75, 3.05) is 13.2 Å². The summed E-state index contributed by atoms with van der Waals surface area (Å²) in [6.07, 6.45) is 11.8. The summed E-state index contributed by atoms with van der Waals surface area (Å²) in [5.74, 6) is 2.09. The summed E-state index contributed by atoms with van der Waals surface area (Å²) >= 11 is 0. The molecule has 1 saturated heterocycles. The molecule has 0 aromatic carbocycles. The van der Waals surface area contributed by atoms with E-state index in [0.717, 1.165) is 44.8 Å². The molecule has 0 amide bonds. The maximum Gasteiger partial charge on any atom is 0.175 e. The summed E-state index contributed by atoms with van der Waals surface area (Å²) < 4.78 is 12.4. The number of fused-ring (bicyclic) bond motifs is 4. The Kier molecular flexibility index (Phi) is 4.38. The SMILES string of the molecule is CCC1CC2=C(CC[C@@H]3C2=CC[C@]2(C)[C@@H](C(C)O)CC[C@@H]32)CC12OCCO2. The molecule has 1 saturated carbocycles. The lowest BCUT2D eigenvalue weighted by molar-refractivity contribution is -0.199. The molecule has 1 N–H and O–H groups in total. The number of hydrogen-bond acceptors (Lipinski definition) is 3.